The lowest BCUT2D eigenvalue weighted by molar-refractivity contribution is -0.384. The van der Waals surface area contributed by atoms with Gasteiger partial charge >= 0.3 is 7.60 Å². The van der Waals surface area contributed by atoms with Gasteiger partial charge in [0.1, 0.15) is 0 Å². The van der Waals surface area contributed by atoms with Crippen molar-refractivity contribution in [2.45, 2.75) is 56.4 Å². The molecule has 0 radical (unpaired) electrons. The van der Waals surface area contributed by atoms with Crippen molar-refractivity contribution in [1.82, 2.24) is 10.2 Å². The highest BCUT2D eigenvalue weighted by molar-refractivity contribution is 7.99. The Bertz CT molecular complexity index is 1140. The highest BCUT2D eigenvalue weighted by Crippen LogP contribution is 2.39. The fraction of sp³-hybridized carbons (Fsp3) is 0.429. The van der Waals surface area contributed by atoms with E-state index in [0.29, 0.717) is 17.5 Å². The third kappa shape index (κ3) is 7.48. The van der Waals surface area contributed by atoms with Gasteiger partial charge in [0.05, 0.1) is 9.80 Å². The van der Waals surface area contributed by atoms with Crippen LogP contribution in [0.15, 0.2) is 40.0 Å². The number of benzene rings is 1. The lowest BCUT2D eigenvalue weighted by Crippen LogP contribution is -1.92. The van der Waals surface area contributed by atoms with Gasteiger partial charge in [0, 0.05) is 28.4 Å². The van der Waals surface area contributed by atoms with E-state index in [1.807, 2.05) is 13.0 Å². The predicted octanol–water partition coefficient (Wildman–Crippen LogP) is 6.01. The number of aromatic nitrogens is 2. The molecule has 1 unspecified atom stereocenters. The van der Waals surface area contributed by atoms with Crippen molar-refractivity contribution >= 4 is 36.4 Å². The Labute approximate surface area is 200 Å². The number of nitro benzene ring substituents is 1. The lowest BCUT2D eigenvalue weighted by Gasteiger charge is -2.08. The number of hydrogen-bond acceptors (Lipinski definition) is 8. The van der Waals surface area contributed by atoms with E-state index in [-0.39, 0.29) is 17.1 Å². The molecule has 33 heavy (non-hydrogen) atoms. The van der Waals surface area contributed by atoms with Crippen LogP contribution in [0.5, 0.6) is 0 Å². The molecule has 0 saturated carbocycles. The van der Waals surface area contributed by atoms with Crippen molar-refractivity contribution in [1.29, 1.82) is 0 Å². The molecule has 0 saturated heterocycles. The first-order chi connectivity index (χ1) is 15.7. The molecule has 3 rings (SSSR count). The third-order valence-corrected chi connectivity index (χ3v) is 8.16. The molecule has 0 aliphatic heterocycles. The van der Waals surface area contributed by atoms with Crippen molar-refractivity contribution in [3.63, 3.8) is 0 Å². The number of unbranched alkanes of at least 4 members (excludes halogenated alkanes) is 2. The molecule has 0 spiro atoms. The van der Waals surface area contributed by atoms with Gasteiger partial charge < -0.3 is 14.2 Å². The maximum Gasteiger partial charge on any atom is 0.325 e. The van der Waals surface area contributed by atoms with E-state index >= 15 is 0 Å². The van der Waals surface area contributed by atoms with Crippen LogP contribution in [0.25, 0.3) is 10.8 Å². The number of thiophene rings is 1. The monoisotopic (exact) mass is 511 g/mol. The number of thioether (sulfide) groups is 1. The summed E-state index contributed by atoms with van der Waals surface area (Å²) in [4.78, 5) is 30.6. The van der Waals surface area contributed by atoms with Gasteiger partial charge in [-0.1, -0.05) is 37.2 Å². The van der Waals surface area contributed by atoms with E-state index in [9.17, 15) is 14.7 Å². The normalized spacial score (nSPS) is 12.7. The van der Waals surface area contributed by atoms with Gasteiger partial charge in [-0.25, -0.2) is 0 Å². The number of hydrogen-bond donors (Lipinski definition) is 2. The Morgan fingerprint density at radius 3 is 2.73 bits per heavy atom. The second kappa shape index (κ2) is 11.4. The minimum atomic E-state index is -3.92. The Kier molecular flexibility index (Phi) is 8.83. The molecule has 2 heterocycles. The SMILES string of the molecule is CCc1cc(CCCCCP(=O)(O)O)sc1-c1nnc(SC(C)c2cccc([N+](=O)[O-])c2)o1. The van der Waals surface area contributed by atoms with E-state index in [0.717, 1.165) is 41.7 Å². The first kappa shape index (κ1) is 25.6. The van der Waals surface area contributed by atoms with E-state index in [1.54, 1.807) is 23.5 Å². The maximum atomic E-state index is 11.0. The number of non-ortho nitro benzene ring substituents is 1. The topological polar surface area (TPSA) is 140 Å². The van der Waals surface area contributed by atoms with Gasteiger partial charge in [-0.3, -0.25) is 14.7 Å². The average Bonchev–Trinajstić information content (AvgIpc) is 3.39. The average molecular weight is 512 g/mol. The Morgan fingerprint density at radius 1 is 1.24 bits per heavy atom. The molecule has 0 aliphatic carbocycles. The molecule has 2 N–H and O–H groups in total. The summed E-state index contributed by atoms with van der Waals surface area (Å²) in [6.45, 7) is 3.99. The standard InChI is InChI=1S/C21H26N3O6PS2/c1-3-15-13-18(10-5-4-6-11-31(27,28)29)33-19(15)20-22-23-21(30-20)32-14(2)16-8-7-9-17(12-16)24(25)26/h7-9,12-14H,3-6,10-11H2,1-2H3,(H2,27,28,29). The van der Waals surface area contributed by atoms with Crippen LogP contribution in [0, 0.1) is 10.1 Å². The predicted molar refractivity (Wildman–Crippen MR) is 129 cm³/mol. The molecule has 0 aliphatic rings. The van der Waals surface area contributed by atoms with E-state index < -0.39 is 12.5 Å². The van der Waals surface area contributed by atoms with Crippen molar-refractivity contribution in [3.8, 4) is 10.8 Å². The smallest absolute Gasteiger partial charge is 0.325 e. The number of rotatable bonds is 12. The molecule has 3 aromatic rings. The quantitative estimate of drug-likeness (QED) is 0.0983. The van der Waals surface area contributed by atoms with Gasteiger partial charge in [-0.05, 0) is 49.8 Å². The highest BCUT2D eigenvalue weighted by Gasteiger charge is 2.19. The van der Waals surface area contributed by atoms with Crippen LogP contribution in [0.2, 0.25) is 0 Å². The van der Waals surface area contributed by atoms with Crippen LogP contribution in [0.1, 0.15) is 54.4 Å². The van der Waals surface area contributed by atoms with Crippen molar-refractivity contribution < 1.29 is 23.7 Å². The van der Waals surface area contributed by atoms with E-state index in [4.69, 9.17) is 14.2 Å². The zero-order valence-corrected chi connectivity index (χ0v) is 20.9. The highest BCUT2D eigenvalue weighted by atomic mass is 32.2. The molecule has 0 amide bonds. The number of nitro groups is 1. The molecule has 0 fully saturated rings. The Morgan fingerprint density at radius 2 is 2.03 bits per heavy atom. The summed E-state index contributed by atoms with van der Waals surface area (Å²) in [5.74, 6) is 0.457. The first-order valence-electron chi connectivity index (χ1n) is 10.6. The summed E-state index contributed by atoms with van der Waals surface area (Å²) < 4.78 is 16.9. The van der Waals surface area contributed by atoms with Crippen LogP contribution in [-0.4, -0.2) is 31.1 Å². The minimum Gasteiger partial charge on any atom is -0.410 e. The minimum absolute atomic E-state index is 0.0478. The maximum absolute atomic E-state index is 11.0. The van der Waals surface area contributed by atoms with Gasteiger partial charge in [-0.2, -0.15) is 0 Å². The van der Waals surface area contributed by atoms with Gasteiger partial charge in [0.2, 0.25) is 0 Å². The van der Waals surface area contributed by atoms with Gasteiger partial charge in [0.25, 0.3) is 16.8 Å². The molecule has 2 aromatic heterocycles. The molecule has 0 bridgehead atoms. The summed E-state index contributed by atoms with van der Waals surface area (Å²) in [6, 6.07) is 8.64. The van der Waals surface area contributed by atoms with Crippen LogP contribution in [0.3, 0.4) is 0 Å². The molecular formula is C21H26N3O6PS2. The molecular weight excluding hydrogens is 485 g/mol. The summed E-state index contributed by atoms with van der Waals surface area (Å²) in [7, 11) is -3.92. The largest absolute Gasteiger partial charge is 0.410 e. The first-order valence-corrected chi connectivity index (χ1v) is 14.1. The van der Waals surface area contributed by atoms with Crippen LogP contribution < -0.4 is 0 Å². The summed E-state index contributed by atoms with van der Waals surface area (Å²) in [6.07, 6.45) is 3.71. The second-order valence-corrected chi connectivity index (χ2v) is 11.8. The lowest BCUT2D eigenvalue weighted by atomic mass is 10.1. The molecule has 178 valence electrons. The summed E-state index contributed by atoms with van der Waals surface area (Å²) >= 11 is 2.95. The van der Waals surface area contributed by atoms with Crippen molar-refractivity contribution in [2.75, 3.05) is 6.16 Å². The molecule has 12 heteroatoms. The second-order valence-electron chi connectivity index (χ2n) is 7.60. The van der Waals surface area contributed by atoms with Gasteiger partial charge in [0.15, 0.2) is 0 Å². The van der Waals surface area contributed by atoms with E-state index in [1.165, 1.54) is 22.7 Å². The fourth-order valence-corrected chi connectivity index (χ4v) is 5.96. The zero-order valence-electron chi connectivity index (χ0n) is 18.3. The van der Waals surface area contributed by atoms with Crippen molar-refractivity contribution in [3.05, 3.63) is 56.5 Å². The Hall–Kier alpha value is -2.04. The number of aryl methyl sites for hydroxylation is 2. The summed E-state index contributed by atoms with van der Waals surface area (Å²) in [5, 5.41) is 19.7. The van der Waals surface area contributed by atoms with Gasteiger partial charge in [-0.15, -0.1) is 21.5 Å². The molecule has 9 nitrogen and oxygen atoms in total. The van der Waals surface area contributed by atoms with Crippen LogP contribution in [0.4, 0.5) is 5.69 Å². The van der Waals surface area contributed by atoms with E-state index in [2.05, 4.69) is 23.2 Å². The molecule has 1 atom stereocenters. The Balaban J connectivity index is 1.64. The van der Waals surface area contributed by atoms with Crippen molar-refractivity contribution in [2.24, 2.45) is 0 Å². The summed E-state index contributed by atoms with van der Waals surface area (Å²) in [5.41, 5.74) is 1.98. The molecule has 1 aromatic carbocycles. The fourth-order valence-electron chi connectivity index (χ4n) is 3.31. The zero-order chi connectivity index (χ0) is 24.0. The van der Waals surface area contributed by atoms with Crippen LogP contribution in [-0.2, 0) is 17.4 Å². The van der Waals surface area contributed by atoms with Crippen LogP contribution >= 0.6 is 30.7 Å². The number of nitrogens with zero attached hydrogens (tertiary/aromatic N) is 3. The third-order valence-electron chi connectivity index (χ3n) is 5.04.